The van der Waals surface area contributed by atoms with E-state index in [4.69, 9.17) is 0 Å². The summed E-state index contributed by atoms with van der Waals surface area (Å²) in [5.74, 6) is 0.449. The first-order chi connectivity index (χ1) is 14.0. The van der Waals surface area contributed by atoms with Crippen molar-refractivity contribution in [3.05, 3.63) is 54.6 Å². The van der Waals surface area contributed by atoms with Gasteiger partial charge in [-0.1, -0.05) is 18.2 Å². The highest BCUT2D eigenvalue weighted by molar-refractivity contribution is 7.99. The number of carbonyl (C=O) groups is 3. The van der Waals surface area contributed by atoms with Crippen LogP contribution in [-0.4, -0.2) is 41.5 Å². The molecule has 0 saturated heterocycles. The molecule has 0 aromatic heterocycles. The summed E-state index contributed by atoms with van der Waals surface area (Å²) in [6.07, 6.45) is 1.19. The lowest BCUT2D eigenvalue weighted by molar-refractivity contribution is -0.134. The van der Waals surface area contributed by atoms with Crippen molar-refractivity contribution < 1.29 is 14.4 Å². The number of thioether (sulfide) groups is 1. The van der Waals surface area contributed by atoms with Crippen LogP contribution in [0, 0.1) is 0 Å². The molecular weight excluding hydrogens is 386 g/mol. The predicted molar refractivity (Wildman–Crippen MR) is 118 cm³/mol. The molecule has 0 aliphatic carbocycles. The number of anilines is 2. The summed E-state index contributed by atoms with van der Waals surface area (Å²) in [4.78, 5) is 38.5. The summed E-state index contributed by atoms with van der Waals surface area (Å²) in [6.45, 7) is 3.81. The molecule has 6 nitrogen and oxygen atoms in total. The van der Waals surface area contributed by atoms with Gasteiger partial charge in [0.1, 0.15) is 0 Å². The van der Waals surface area contributed by atoms with E-state index in [1.54, 1.807) is 40.9 Å². The summed E-state index contributed by atoms with van der Waals surface area (Å²) in [5.41, 5.74) is 1.28. The minimum atomic E-state index is -0.244. The van der Waals surface area contributed by atoms with E-state index in [0.29, 0.717) is 24.3 Å². The zero-order valence-corrected chi connectivity index (χ0v) is 17.6. The Morgan fingerprint density at radius 3 is 2.14 bits per heavy atom. The van der Waals surface area contributed by atoms with Crippen molar-refractivity contribution in [1.29, 1.82) is 0 Å². The Labute approximate surface area is 176 Å². The quantitative estimate of drug-likeness (QED) is 0.456. The molecule has 29 heavy (non-hydrogen) atoms. The Morgan fingerprint density at radius 2 is 1.55 bits per heavy atom. The lowest BCUT2D eigenvalue weighted by Crippen LogP contribution is -2.37. The van der Waals surface area contributed by atoms with Crippen molar-refractivity contribution in [2.24, 2.45) is 0 Å². The smallest absolute Gasteiger partial charge is 0.243 e. The molecule has 0 radical (unpaired) electrons. The van der Waals surface area contributed by atoms with Crippen LogP contribution in [0.25, 0.3) is 0 Å². The van der Waals surface area contributed by atoms with Crippen molar-refractivity contribution in [1.82, 2.24) is 4.90 Å². The molecule has 0 aliphatic rings. The van der Waals surface area contributed by atoms with Crippen molar-refractivity contribution in [3.63, 3.8) is 0 Å². The van der Waals surface area contributed by atoms with E-state index in [9.17, 15) is 14.4 Å². The SMILES string of the molecule is CCN(CC(=O)Nc1ccc(NC(C)=O)cc1)C(=O)CCCSc1ccccc1. The molecule has 2 aromatic carbocycles. The number of benzene rings is 2. The molecule has 2 rings (SSSR count). The zero-order chi connectivity index (χ0) is 21.1. The molecule has 3 amide bonds. The molecule has 154 valence electrons. The number of likely N-dealkylation sites (N-methyl/N-ethyl adjacent to an activating group) is 1. The molecule has 0 atom stereocenters. The fraction of sp³-hybridized carbons (Fsp3) is 0.318. The number of nitrogens with zero attached hydrogens (tertiary/aromatic N) is 1. The van der Waals surface area contributed by atoms with Crippen molar-refractivity contribution in [3.8, 4) is 0 Å². The van der Waals surface area contributed by atoms with Crippen LogP contribution in [0.3, 0.4) is 0 Å². The van der Waals surface area contributed by atoms with E-state index in [1.807, 2.05) is 25.1 Å². The maximum atomic E-state index is 12.4. The lowest BCUT2D eigenvalue weighted by atomic mass is 10.2. The van der Waals surface area contributed by atoms with Gasteiger partial charge in [0.2, 0.25) is 17.7 Å². The number of hydrogen-bond acceptors (Lipinski definition) is 4. The largest absolute Gasteiger partial charge is 0.334 e. The monoisotopic (exact) mass is 413 g/mol. The van der Waals surface area contributed by atoms with Crippen LogP contribution < -0.4 is 10.6 Å². The van der Waals surface area contributed by atoms with Gasteiger partial charge in [-0.25, -0.2) is 0 Å². The highest BCUT2D eigenvalue weighted by Crippen LogP contribution is 2.18. The molecular formula is C22H27N3O3S. The first kappa shape index (κ1) is 22.5. The predicted octanol–water partition coefficient (Wildman–Crippen LogP) is 4.00. The minimum Gasteiger partial charge on any atom is -0.334 e. The van der Waals surface area contributed by atoms with Crippen molar-refractivity contribution in [2.45, 2.75) is 31.6 Å². The summed E-state index contributed by atoms with van der Waals surface area (Å²) in [6, 6.07) is 16.9. The fourth-order valence-corrected chi connectivity index (χ4v) is 3.55. The minimum absolute atomic E-state index is 0.0164. The van der Waals surface area contributed by atoms with Crippen LogP contribution in [0.1, 0.15) is 26.7 Å². The third kappa shape index (κ3) is 8.39. The van der Waals surface area contributed by atoms with Gasteiger partial charge in [-0.05, 0) is 55.5 Å². The van der Waals surface area contributed by atoms with Gasteiger partial charge < -0.3 is 15.5 Å². The van der Waals surface area contributed by atoms with Crippen LogP contribution in [0.15, 0.2) is 59.5 Å². The van der Waals surface area contributed by atoms with Crippen molar-refractivity contribution in [2.75, 3.05) is 29.5 Å². The summed E-state index contributed by atoms with van der Waals surface area (Å²) in [7, 11) is 0. The highest BCUT2D eigenvalue weighted by atomic mass is 32.2. The highest BCUT2D eigenvalue weighted by Gasteiger charge is 2.15. The third-order valence-electron chi connectivity index (χ3n) is 4.10. The Kier molecular flexibility index (Phi) is 9.24. The van der Waals surface area contributed by atoms with Gasteiger partial charge in [0, 0.05) is 36.2 Å². The normalized spacial score (nSPS) is 10.3. The van der Waals surface area contributed by atoms with Crippen LogP contribution in [-0.2, 0) is 14.4 Å². The Bertz CT molecular complexity index is 810. The lowest BCUT2D eigenvalue weighted by Gasteiger charge is -2.20. The molecule has 0 bridgehead atoms. The van der Waals surface area contributed by atoms with Gasteiger partial charge in [-0.2, -0.15) is 0 Å². The van der Waals surface area contributed by atoms with Gasteiger partial charge in [0.25, 0.3) is 0 Å². The first-order valence-corrected chi connectivity index (χ1v) is 10.6. The van der Waals surface area contributed by atoms with Gasteiger partial charge in [-0.3, -0.25) is 14.4 Å². The summed E-state index contributed by atoms with van der Waals surface area (Å²) in [5, 5.41) is 5.45. The molecule has 0 heterocycles. The molecule has 2 N–H and O–H groups in total. The second-order valence-corrected chi connectivity index (χ2v) is 7.65. The number of amides is 3. The van der Waals surface area contributed by atoms with E-state index >= 15 is 0 Å². The number of nitrogens with one attached hydrogen (secondary N) is 2. The second-order valence-electron chi connectivity index (χ2n) is 6.48. The molecule has 0 fully saturated rings. The van der Waals surface area contributed by atoms with Gasteiger partial charge in [-0.15, -0.1) is 11.8 Å². The van der Waals surface area contributed by atoms with Gasteiger partial charge >= 0.3 is 0 Å². The van der Waals surface area contributed by atoms with Crippen LogP contribution in [0.4, 0.5) is 11.4 Å². The molecule has 0 saturated carbocycles. The summed E-state index contributed by atoms with van der Waals surface area (Å²) < 4.78 is 0. The first-order valence-electron chi connectivity index (χ1n) is 9.61. The molecule has 2 aromatic rings. The van der Waals surface area contributed by atoms with E-state index in [-0.39, 0.29) is 24.3 Å². The maximum absolute atomic E-state index is 12.4. The molecule has 0 unspecified atom stereocenters. The Morgan fingerprint density at radius 1 is 0.931 bits per heavy atom. The number of hydrogen-bond donors (Lipinski definition) is 2. The average molecular weight is 414 g/mol. The Hall–Kier alpha value is -2.80. The zero-order valence-electron chi connectivity index (χ0n) is 16.8. The van der Waals surface area contributed by atoms with Crippen LogP contribution >= 0.6 is 11.8 Å². The number of carbonyl (C=O) groups excluding carboxylic acids is 3. The van der Waals surface area contributed by atoms with Crippen molar-refractivity contribution >= 4 is 40.9 Å². The molecule has 0 spiro atoms. The third-order valence-corrected chi connectivity index (χ3v) is 5.20. The topological polar surface area (TPSA) is 78.5 Å². The Balaban J connectivity index is 1.74. The van der Waals surface area contributed by atoms with Gasteiger partial charge in [0.05, 0.1) is 6.54 Å². The van der Waals surface area contributed by atoms with E-state index < -0.39 is 0 Å². The summed E-state index contributed by atoms with van der Waals surface area (Å²) >= 11 is 1.73. The van der Waals surface area contributed by atoms with E-state index in [1.165, 1.54) is 11.8 Å². The van der Waals surface area contributed by atoms with E-state index in [2.05, 4.69) is 22.8 Å². The average Bonchev–Trinajstić information content (AvgIpc) is 2.71. The van der Waals surface area contributed by atoms with E-state index in [0.717, 1.165) is 12.2 Å². The fourth-order valence-electron chi connectivity index (χ4n) is 2.68. The standard InChI is InChI=1S/C22H27N3O3S/c1-3-25(22(28)10-7-15-29-20-8-5-4-6-9-20)16-21(27)24-19-13-11-18(12-14-19)23-17(2)26/h4-6,8-9,11-14H,3,7,10,15-16H2,1-2H3,(H,23,26)(H,24,27). The number of rotatable bonds is 10. The molecule has 7 heteroatoms. The second kappa shape index (κ2) is 11.9. The van der Waals surface area contributed by atoms with Crippen LogP contribution in [0.2, 0.25) is 0 Å². The maximum Gasteiger partial charge on any atom is 0.243 e. The molecule has 0 aliphatic heterocycles. The van der Waals surface area contributed by atoms with Gasteiger partial charge in [0.15, 0.2) is 0 Å². The van der Waals surface area contributed by atoms with Crippen LogP contribution in [0.5, 0.6) is 0 Å².